The summed E-state index contributed by atoms with van der Waals surface area (Å²) in [6, 6.07) is 4.99. The van der Waals surface area contributed by atoms with Crippen molar-refractivity contribution >= 4 is 23.4 Å². The standard InChI is InChI=1S/C11H16N2O2S/c1-13(2)5-6-16-10-4-3-8(12)7-9(10)11(14)15/h3-4,7H,5-6,12H2,1-2H3,(H,14,15). The van der Waals surface area contributed by atoms with Gasteiger partial charge in [0.25, 0.3) is 0 Å². The van der Waals surface area contributed by atoms with Crippen LogP contribution in [0, 0.1) is 0 Å². The molecule has 16 heavy (non-hydrogen) atoms. The Morgan fingerprint density at radius 3 is 2.75 bits per heavy atom. The van der Waals surface area contributed by atoms with E-state index in [1.807, 2.05) is 14.1 Å². The maximum atomic E-state index is 11.0. The normalized spacial score (nSPS) is 10.7. The molecular weight excluding hydrogens is 224 g/mol. The van der Waals surface area contributed by atoms with Gasteiger partial charge in [0.2, 0.25) is 0 Å². The SMILES string of the molecule is CN(C)CCSc1ccc(N)cc1C(=O)O. The van der Waals surface area contributed by atoms with Crippen LogP contribution >= 0.6 is 11.8 Å². The molecule has 5 heteroatoms. The Morgan fingerprint density at radius 1 is 1.50 bits per heavy atom. The summed E-state index contributed by atoms with van der Waals surface area (Å²) in [5, 5.41) is 9.02. The van der Waals surface area contributed by atoms with E-state index in [2.05, 4.69) is 4.90 Å². The van der Waals surface area contributed by atoms with Crippen molar-refractivity contribution in [2.24, 2.45) is 0 Å². The molecule has 4 nitrogen and oxygen atoms in total. The zero-order valence-corrected chi connectivity index (χ0v) is 10.3. The van der Waals surface area contributed by atoms with Gasteiger partial charge in [-0.1, -0.05) is 0 Å². The van der Waals surface area contributed by atoms with Crippen LogP contribution < -0.4 is 5.73 Å². The number of nitrogens with two attached hydrogens (primary N) is 1. The lowest BCUT2D eigenvalue weighted by Crippen LogP contribution is -2.15. The monoisotopic (exact) mass is 240 g/mol. The number of carbonyl (C=O) groups is 1. The number of aromatic carboxylic acids is 1. The molecule has 0 saturated carbocycles. The van der Waals surface area contributed by atoms with Crippen molar-refractivity contribution in [2.75, 3.05) is 32.1 Å². The van der Waals surface area contributed by atoms with E-state index in [0.29, 0.717) is 5.69 Å². The second-order valence-electron chi connectivity index (χ2n) is 3.71. The molecule has 0 aliphatic heterocycles. The van der Waals surface area contributed by atoms with E-state index in [1.54, 1.807) is 12.1 Å². The number of thioether (sulfide) groups is 1. The molecule has 3 N–H and O–H groups in total. The number of benzene rings is 1. The number of rotatable bonds is 5. The molecule has 0 fully saturated rings. The third-order valence-corrected chi connectivity index (χ3v) is 3.08. The predicted molar refractivity (Wildman–Crippen MR) is 67.1 cm³/mol. The van der Waals surface area contributed by atoms with Gasteiger partial charge >= 0.3 is 5.97 Å². The highest BCUT2D eigenvalue weighted by Crippen LogP contribution is 2.24. The number of carboxylic acids is 1. The largest absolute Gasteiger partial charge is 0.478 e. The first kappa shape index (κ1) is 12.9. The van der Waals surface area contributed by atoms with Crippen molar-refractivity contribution in [3.05, 3.63) is 23.8 Å². The molecule has 0 spiro atoms. The zero-order valence-electron chi connectivity index (χ0n) is 9.43. The second-order valence-corrected chi connectivity index (χ2v) is 4.85. The molecule has 0 aliphatic rings. The van der Waals surface area contributed by atoms with E-state index in [-0.39, 0.29) is 5.56 Å². The molecule has 0 bridgehead atoms. The van der Waals surface area contributed by atoms with Gasteiger partial charge in [0, 0.05) is 22.9 Å². The summed E-state index contributed by atoms with van der Waals surface area (Å²) in [5.74, 6) is -0.0725. The first-order valence-corrected chi connectivity index (χ1v) is 5.89. The minimum absolute atomic E-state index is 0.281. The van der Waals surface area contributed by atoms with Crippen molar-refractivity contribution in [1.29, 1.82) is 0 Å². The molecule has 1 rings (SSSR count). The summed E-state index contributed by atoms with van der Waals surface area (Å²) in [6.45, 7) is 0.911. The summed E-state index contributed by atoms with van der Waals surface area (Å²) in [6.07, 6.45) is 0. The first-order valence-electron chi connectivity index (χ1n) is 4.91. The number of hydrogen-bond acceptors (Lipinski definition) is 4. The van der Waals surface area contributed by atoms with Crippen LogP contribution in [0.1, 0.15) is 10.4 Å². The molecule has 0 aromatic heterocycles. The summed E-state index contributed by atoms with van der Waals surface area (Å²) >= 11 is 1.53. The molecule has 1 aromatic carbocycles. The summed E-state index contributed by atoms with van der Waals surface area (Å²) < 4.78 is 0. The Balaban J connectivity index is 2.75. The van der Waals surface area contributed by atoms with Gasteiger partial charge in [-0.05, 0) is 32.3 Å². The zero-order chi connectivity index (χ0) is 12.1. The van der Waals surface area contributed by atoms with Gasteiger partial charge in [-0.2, -0.15) is 0 Å². The van der Waals surface area contributed by atoms with Crippen LogP contribution in [0.15, 0.2) is 23.1 Å². The quantitative estimate of drug-likeness (QED) is 0.604. The summed E-state index contributed by atoms with van der Waals surface area (Å²) in [7, 11) is 3.98. The Morgan fingerprint density at radius 2 is 2.19 bits per heavy atom. The lowest BCUT2D eigenvalue weighted by Gasteiger charge is -2.10. The fourth-order valence-electron chi connectivity index (χ4n) is 1.18. The maximum Gasteiger partial charge on any atom is 0.336 e. The molecule has 0 aliphatic carbocycles. The highest BCUT2D eigenvalue weighted by molar-refractivity contribution is 7.99. The molecule has 88 valence electrons. The highest BCUT2D eigenvalue weighted by atomic mass is 32.2. The van der Waals surface area contributed by atoms with Crippen LogP contribution in [0.25, 0.3) is 0 Å². The fourth-order valence-corrected chi connectivity index (χ4v) is 2.32. The lowest BCUT2D eigenvalue weighted by atomic mass is 10.2. The van der Waals surface area contributed by atoms with E-state index in [1.165, 1.54) is 17.8 Å². The van der Waals surface area contributed by atoms with Gasteiger partial charge in [0.15, 0.2) is 0 Å². The number of anilines is 1. The van der Waals surface area contributed by atoms with Crippen LogP contribution in [0.4, 0.5) is 5.69 Å². The highest BCUT2D eigenvalue weighted by Gasteiger charge is 2.10. The molecular formula is C11H16N2O2S. The van der Waals surface area contributed by atoms with E-state index in [0.717, 1.165) is 17.2 Å². The molecule has 1 aromatic rings. The number of hydrogen-bond donors (Lipinski definition) is 2. The van der Waals surface area contributed by atoms with Crippen molar-refractivity contribution in [1.82, 2.24) is 4.90 Å². The minimum Gasteiger partial charge on any atom is -0.478 e. The Kier molecular flexibility index (Phi) is 4.64. The van der Waals surface area contributed by atoms with Crippen LogP contribution in [0.5, 0.6) is 0 Å². The van der Waals surface area contributed by atoms with Crippen LogP contribution in [-0.2, 0) is 0 Å². The van der Waals surface area contributed by atoms with E-state index < -0.39 is 5.97 Å². The molecule has 0 radical (unpaired) electrons. The molecule has 0 atom stereocenters. The van der Waals surface area contributed by atoms with Crippen molar-refractivity contribution < 1.29 is 9.90 Å². The smallest absolute Gasteiger partial charge is 0.336 e. The first-order chi connectivity index (χ1) is 7.50. The lowest BCUT2D eigenvalue weighted by molar-refractivity contribution is 0.0693. The Bertz CT molecular complexity index is 380. The molecule has 0 saturated heterocycles. The van der Waals surface area contributed by atoms with Crippen LogP contribution in [0.2, 0.25) is 0 Å². The van der Waals surface area contributed by atoms with E-state index in [4.69, 9.17) is 10.8 Å². The number of nitrogen functional groups attached to an aromatic ring is 1. The van der Waals surface area contributed by atoms with Gasteiger partial charge in [-0.3, -0.25) is 0 Å². The Hall–Kier alpha value is -1.20. The van der Waals surface area contributed by atoms with Crippen LogP contribution in [-0.4, -0.2) is 42.4 Å². The van der Waals surface area contributed by atoms with Gasteiger partial charge in [-0.25, -0.2) is 4.79 Å². The van der Waals surface area contributed by atoms with Crippen molar-refractivity contribution in [3.63, 3.8) is 0 Å². The van der Waals surface area contributed by atoms with Gasteiger partial charge in [-0.15, -0.1) is 11.8 Å². The second kappa shape index (κ2) is 5.77. The third-order valence-electron chi connectivity index (χ3n) is 2.03. The fraction of sp³-hybridized carbons (Fsp3) is 0.364. The average molecular weight is 240 g/mol. The summed E-state index contributed by atoms with van der Waals surface area (Å²) in [4.78, 5) is 13.8. The maximum absolute atomic E-state index is 11.0. The molecule has 0 amide bonds. The van der Waals surface area contributed by atoms with Crippen LogP contribution in [0.3, 0.4) is 0 Å². The van der Waals surface area contributed by atoms with E-state index in [9.17, 15) is 4.79 Å². The minimum atomic E-state index is -0.931. The average Bonchev–Trinajstić information content (AvgIpc) is 2.19. The van der Waals surface area contributed by atoms with Gasteiger partial charge in [0.05, 0.1) is 5.56 Å². The van der Waals surface area contributed by atoms with Gasteiger partial charge < -0.3 is 15.7 Å². The molecule has 0 heterocycles. The van der Waals surface area contributed by atoms with Crippen molar-refractivity contribution in [3.8, 4) is 0 Å². The number of carboxylic acid groups (broad SMARTS) is 1. The van der Waals surface area contributed by atoms with Gasteiger partial charge in [0.1, 0.15) is 0 Å². The topological polar surface area (TPSA) is 66.6 Å². The third kappa shape index (κ3) is 3.75. The number of nitrogens with zero attached hydrogens (tertiary/aromatic N) is 1. The van der Waals surface area contributed by atoms with E-state index >= 15 is 0 Å². The Labute approximate surface area is 99.4 Å². The summed E-state index contributed by atoms with van der Waals surface area (Å²) in [5.41, 5.74) is 6.32. The predicted octanol–water partition coefficient (Wildman–Crippen LogP) is 1.62. The molecule has 0 unspecified atom stereocenters. The van der Waals surface area contributed by atoms with Crippen molar-refractivity contribution in [2.45, 2.75) is 4.90 Å².